The molecule has 0 unspecified atom stereocenters. The van der Waals surface area contributed by atoms with Crippen molar-refractivity contribution in [3.63, 3.8) is 0 Å². The van der Waals surface area contributed by atoms with Gasteiger partial charge in [-0.15, -0.1) is 0 Å². The van der Waals surface area contributed by atoms with Gasteiger partial charge >= 0.3 is 6.18 Å². The fourth-order valence-electron chi connectivity index (χ4n) is 1.66. The Kier molecular flexibility index (Phi) is 2.92. The first-order valence-corrected chi connectivity index (χ1v) is 5.22. The molecule has 0 amide bonds. The molecule has 0 fully saturated rings. The lowest BCUT2D eigenvalue weighted by molar-refractivity contribution is -0.137. The summed E-state index contributed by atoms with van der Waals surface area (Å²) in [6, 6.07) is 6.88. The van der Waals surface area contributed by atoms with Crippen LogP contribution < -0.4 is 0 Å². The first-order valence-electron chi connectivity index (χ1n) is 5.22. The van der Waals surface area contributed by atoms with Crippen molar-refractivity contribution in [1.29, 1.82) is 0 Å². The average molecular weight is 240 g/mol. The van der Waals surface area contributed by atoms with Gasteiger partial charge in [0, 0.05) is 12.7 Å². The molecule has 5 heteroatoms. The highest BCUT2D eigenvalue weighted by molar-refractivity contribution is 5.59. The molecule has 0 N–H and O–H groups in total. The molecule has 0 atom stereocenters. The first-order chi connectivity index (χ1) is 8.02. The van der Waals surface area contributed by atoms with E-state index in [0.717, 1.165) is 23.4 Å². The van der Waals surface area contributed by atoms with Crippen LogP contribution in [0.4, 0.5) is 13.2 Å². The van der Waals surface area contributed by atoms with E-state index in [1.807, 2.05) is 6.92 Å². The van der Waals surface area contributed by atoms with Crippen LogP contribution >= 0.6 is 0 Å². The summed E-state index contributed by atoms with van der Waals surface area (Å²) in [7, 11) is 0. The van der Waals surface area contributed by atoms with E-state index < -0.39 is 11.7 Å². The fraction of sp³-hybridized carbons (Fsp3) is 0.250. The third-order valence-electron chi connectivity index (χ3n) is 2.52. The Labute approximate surface area is 96.7 Å². The van der Waals surface area contributed by atoms with Gasteiger partial charge in [0.05, 0.1) is 11.3 Å². The molecule has 2 aromatic rings. The Morgan fingerprint density at radius 2 is 1.76 bits per heavy atom. The van der Waals surface area contributed by atoms with Crippen LogP contribution in [0.25, 0.3) is 11.3 Å². The number of aryl methyl sites for hydroxylation is 1. The Hall–Kier alpha value is -1.78. The highest BCUT2D eigenvalue weighted by atomic mass is 19.4. The summed E-state index contributed by atoms with van der Waals surface area (Å²) in [6.45, 7) is 2.62. The molecular formula is C12H11F3N2. The van der Waals surface area contributed by atoms with Crippen molar-refractivity contribution in [1.82, 2.24) is 9.78 Å². The molecule has 90 valence electrons. The standard InChI is InChI=1S/C12H11F3N2/c1-2-17-11(7-8-16-17)9-3-5-10(6-4-9)12(13,14)15/h3-8H,2H2,1H3. The van der Waals surface area contributed by atoms with Gasteiger partial charge in [-0.1, -0.05) is 12.1 Å². The summed E-state index contributed by atoms with van der Waals surface area (Å²) in [5.74, 6) is 0. The van der Waals surface area contributed by atoms with Crippen LogP contribution in [0.1, 0.15) is 12.5 Å². The highest BCUT2D eigenvalue weighted by Gasteiger charge is 2.30. The van der Waals surface area contributed by atoms with Crippen molar-refractivity contribution in [3.05, 3.63) is 42.1 Å². The van der Waals surface area contributed by atoms with Crippen molar-refractivity contribution in [2.75, 3.05) is 0 Å². The van der Waals surface area contributed by atoms with Gasteiger partial charge < -0.3 is 0 Å². The van der Waals surface area contributed by atoms with Crippen LogP contribution in [0.5, 0.6) is 0 Å². The normalized spacial score (nSPS) is 11.8. The van der Waals surface area contributed by atoms with E-state index in [9.17, 15) is 13.2 Å². The Balaban J connectivity index is 2.36. The SMILES string of the molecule is CCn1nccc1-c1ccc(C(F)(F)F)cc1. The molecule has 1 heterocycles. The molecule has 0 aliphatic carbocycles. The average Bonchev–Trinajstić information content (AvgIpc) is 2.76. The second kappa shape index (κ2) is 4.24. The van der Waals surface area contributed by atoms with E-state index in [1.165, 1.54) is 12.1 Å². The molecule has 0 radical (unpaired) electrons. The zero-order chi connectivity index (χ0) is 12.5. The lowest BCUT2D eigenvalue weighted by Gasteiger charge is -2.08. The maximum absolute atomic E-state index is 12.4. The summed E-state index contributed by atoms with van der Waals surface area (Å²) in [6.07, 6.45) is -2.65. The summed E-state index contributed by atoms with van der Waals surface area (Å²) in [4.78, 5) is 0. The van der Waals surface area contributed by atoms with E-state index in [0.29, 0.717) is 6.54 Å². The summed E-state index contributed by atoms with van der Waals surface area (Å²) < 4.78 is 38.9. The van der Waals surface area contributed by atoms with Gasteiger partial charge in [0.25, 0.3) is 0 Å². The van der Waals surface area contributed by atoms with Crippen molar-refractivity contribution in [3.8, 4) is 11.3 Å². The molecule has 2 rings (SSSR count). The van der Waals surface area contributed by atoms with Crippen LogP contribution in [0.2, 0.25) is 0 Å². The van der Waals surface area contributed by atoms with E-state index in [4.69, 9.17) is 0 Å². The molecule has 0 saturated heterocycles. The predicted molar refractivity (Wildman–Crippen MR) is 58.3 cm³/mol. The third kappa shape index (κ3) is 2.33. The molecule has 2 nitrogen and oxygen atoms in total. The van der Waals surface area contributed by atoms with E-state index in [2.05, 4.69) is 5.10 Å². The molecule has 0 aliphatic rings. The molecule has 0 spiro atoms. The lowest BCUT2D eigenvalue weighted by Crippen LogP contribution is -2.04. The quantitative estimate of drug-likeness (QED) is 0.784. The number of hydrogen-bond donors (Lipinski definition) is 0. The Morgan fingerprint density at radius 3 is 2.29 bits per heavy atom. The van der Waals surface area contributed by atoms with Crippen LogP contribution in [0.3, 0.4) is 0 Å². The summed E-state index contributed by atoms with van der Waals surface area (Å²) in [5, 5.41) is 4.08. The number of nitrogens with zero attached hydrogens (tertiary/aromatic N) is 2. The molecule has 17 heavy (non-hydrogen) atoms. The van der Waals surface area contributed by atoms with Crippen molar-refractivity contribution >= 4 is 0 Å². The minimum atomic E-state index is -4.29. The first kappa shape index (κ1) is 11.7. The minimum Gasteiger partial charge on any atom is -0.265 e. The molecule has 0 bridgehead atoms. The van der Waals surface area contributed by atoms with Gasteiger partial charge in [-0.25, -0.2) is 0 Å². The Morgan fingerprint density at radius 1 is 1.12 bits per heavy atom. The van der Waals surface area contributed by atoms with Crippen LogP contribution in [0, 0.1) is 0 Å². The second-order valence-electron chi connectivity index (χ2n) is 3.61. The second-order valence-corrected chi connectivity index (χ2v) is 3.61. The topological polar surface area (TPSA) is 17.8 Å². The van der Waals surface area contributed by atoms with E-state index in [-0.39, 0.29) is 0 Å². The van der Waals surface area contributed by atoms with Gasteiger partial charge in [-0.3, -0.25) is 4.68 Å². The van der Waals surface area contributed by atoms with Crippen LogP contribution in [-0.2, 0) is 12.7 Å². The summed E-state index contributed by atoms with van der Waals surface area (Å²) >= 11 is 0. The van der Waals surface area contributed by atoms with Crippen LogP contribution in [0.15, 0.2) is 36.5 Å². The van der Waals surface area contributed by atoms with E-state index in [1.54, 1.807) is 16.9 Å². The lowest BCUT2D eigenvalue weighted by atomic mass is 10.1. The Bertz CT molecular complexity index is 497. The molecule has 0 aliphatic heterocycles. The van der Waals surface area contributed by atoms with Gasteiger partial charge in [-0.2, -0.15) is 18.3 Å². The third-order valence-corrected chi connectivity index (χ3v) is 2.52. The van der Waals surface area contributed by atoms with Gasteiger partial charge in [0.1, 0.15) is 0 Å². The zero-order valence-electron chi connectivity index (χ0n) is 9.20. The fourth-order valence-corrected chi connectivity index (χ4v) is 1.66. The van der Waals surface area contributed by atoms with E-state index >= 15 is 0 Å². The number of benzene rings is 1. The minimum absolute atomic E-state index is 0.635. The van der Waals surface area contributed by atoms with Crippen molar-refractivity contribution < 1.29 is 13.2 Å². The number of rotatable bonds is 2. The zero-order valence-corrected chi connectivity index (χ0v) is 9.20. The highest BCUT2D eigenvalue weighted by Crippen LogP contribution is 2.30. The maximum Gasteiger partial charge on any atom is 0.416 e. The van der Waals surface area contributed by atoms with Crippen LogP contribution in [-0.4, -0.2) is 9.78 Å². The van der Waals surface area contributed by atoms with Crippen molar-refractivity contribution in [2.45, 2.75) is 19.6 Å². The summed E-state index contributed by atoms with van der Waals surface area (Å²) in [5.41, 5.74) is 0.919. The molecule has 1 aromatic carbocycles. The molecule has 1 aromatic heterocycles. The number of aromatic nitrogens is 2. The smallest absolute Gasteiger partial charge is 0.265 e. The van der Waals surface area contributed by atoms with Gasteiger partial charge in [0.2, 0.25) is 0 Å². The molecule has 0 saturated carbocycles. The van der Waals surface area contributed by atoms with Gasteiger partial charge in [0.15, 0.2) is 0 Å². The monoisotopic (exact) mass is 240 g/mol. The largest absolute Gasteiger partial charge is 0.416 e. The number of alkyl halides is 3. The predicted octanol–water partition coefficient (Wildman–Crippen LogP) is 3.59. The van der Waals surface area contributed by atoms with Gasteiger partial charge in [-0.05, 0) is 30.7 Å². The number of halogens is 3. The maximum atomic E-state index is 12.4. The van der Waals surface area contributed by atoms with Crippen molar-refractivity contribution in [2.24, 2.45) is 0 Å². The number of hydrogen-bond acceptors (Lipinski definition) is 1. The molecular weight excluding hydrogens is 229 g/mol.